The number of amides is 1. The van der Waals surface area contributed by atoms with Gasteiger partial charge in [0.25, 0.3) is 0 Å². The molecule has 5 nitrogen and oxygen atoms in total. The zero-order valence-corrected chi connectivity index (χ0v) is 16.6. The minimum atomic E-state index is 0.247. The first-order valence-electron chi connectivity index (χ1n) is 9.47. The summed E-state index contributed by atoms with van der Waals surface area (Å²) in [7, 11) is 2.07. The van der Waals surface area contributed by atoms with Crippen LogP contribution in [0.4, 0.5) is 5.69 Å². The number of pyridine rings is 1. The van der Waals surface area contributed by atoms with E-state index < -0.39 is 0 Å². The van der Waals surface area contributed by atoms with Crippen LogP contribution in [0.25, 0.3) is 0 Å². The van der Waals surface area contributed by atoms with Crippen molar-refractivity contribution in [2.75, 3.05) is 51.2 Å². The van der Waals surface area contributed by atoms with Crippen LogP contribution in [0.2, 0.25) is 5.02 Å². The number of carbonyl (C=O) groups is 1. The lowest BCUT2D eigenvalue weighted by Gasteiger charge is -2.36. The maximum atomic E-state index is 12.5. The van der Waals surface area contributed by atoms with Crippen LogP contribution in [0.5, 0.6) is 0 Å². The van der Waals surface area contributed by atoms with Gasteiger partial charge in [-0.3, -0.25) is 9.78 Å². The van der Waals surface area contributed by atoms with Crippen LogP contribution in [0.15, 0.2) is 48.8 Å². The molecule has 1 aromatic heterocycles. The molecule has 0 N–H and O–H groups in total. The number of hydrogen-bond donors (Lipinski definition) is 0. The Balaban J connectivity index is 1.38. The van der Waals surface area contributed by atoms with Gasteiger partial charge in [0.2, 0.25) is 5.91 Å². The number of aromatic nitrogens is 1. The number of rotatable bonds is 7. The van der Waals surface area contributed by atoms with Crippen molar-refractivity contribution in [2.24, 2.45) is 0 Å². The average Bonchev–Trinajstić information content (AvgIpc) is 2.71. The molecule has 1 saturated heterocycles. The summed E-state index contributed by atoms with van der Waals surface area (Å²) >= 11 is 6.08. The zero-order valence-electron chi connectivity index (χ0n) is 15.9. The van der Waals surface area contributed by atoms with E-state index in [2.05, 4.69) is 27.9 Å². The summed E-state index contributed by atoms with van der Waals surface area (Å²) < 4.78 is 0. The van der Waals surface area contributed by atoms with Crippen molar-refractivity contribution < 1.29 is 4.79 Å². The number of piperazine rings is 1. The lowest BCUT2D eigenvalue weighted by molar-refractivity contribution is -0.131. The Morgan fingerprint density at radius 3 is 2.56 bits per heavy atom. The third-order valence-electron chi connectivity index (χ3n) is 5.04. The van der Waals surface area contributed by atoms with Crippen LogP contribution in [0.3, 0.4) is 0 Å². The molecule has 0 unspecified atom stereocenters. The monoisotopic (exact) mass is 386 g/mol. The molecule has 0 spiro atoms. The van der Waals surface area contributed by atoms with Crippen molar-refractivity contribution in [2.45, 2.75) is 12.8 Å². The first kappa shape index (κ1) is 19.6. The minimum Gasteiger partial charge on any atom is -0.368 e. The van der Waals surface area contributed by atoms with Crippen LogP contribution in [0.1, 0.15) is 12.0 Å². The van der Waals surface area contributed by atoms with Crippen LogP contribution in [-0.2, 0) is 11.2 Å². The second-order valence-electron chi connectivity index (χ2n) is 7.01. The Bertz CT molecular complexity index is 732. The molecule has 1 aliphatic rings. The highest BCUT2D eigenvalue weighted by Crippen LogP contribution is 2.20. The standard InChI is InChI=1S/C21H27ClN4O/c1-24(11-7-18-5-9-23-10-6-18)12-8-21(27)26-15-13-25(14-16-26)20-4-2-3-19(22)17-20/h2-6,9-10,17H,7-8,11-16H2,1H3. The molecule has 27 heavy (non-hydrogen) atoms. The molecule has 1 aromatic carbocycles. The molecule has 0 aliphatic carbocycles. The largest absolute Gasteiger partial charge is 0.368 e. The normalized spacial score (nSPS) is 14.6. The molecule has 3 rings (SSSR count). The molecule has 1 aliphatic heterocycles. The Kier molecular flexibility index (Phi) is 7.07. The summed E-state index contributed by atoms with van der Waals surface area (Å²) in [6.45, 7) is 4.98. The molecule has 6 heteroatoms. The van der Waals surface area contributed by atoms with Gasteiger partial charge >= 0.3 is 0 Å². The van der Waals surface area contributed by atoms with E-state index in [9.17, 15) is 4.79 Å². The number of benzene rings is 1. The van der Waals surface area contributed by atoms with Crippen molar-refractivity contribution in [3.63, 3.8) is 0 Å². The molecule has 1 fully saturated rings. The second kappa shape index (κ2) is 9.72. The van der Waals surface area contributed by atoms with E-state index in [1.807, 2.05) is 47.6 Å². The van der Waals surface area contributed by atoms with Gasteiger partial charge in [-0.2, -0.15) is 0 Å². The fourth-order valence-electron chi connectivity index (χ4n) is 3.31. The van der Waals surface area contributed by atoms with E-state index >= 15 is 0 Å². The number of likely N-dealkylation sites (N-methyl/N-ethyl adjacent to an activating group) is 1. The lowest BCUT2D eigenvalue weighted by Crippen LogP contribution is -2.49. The number of carbonyl (C=O) groups excluding carboxylic acids is 1. The Morgan fingerprint density at radius 1 is 1.11 bits per heavy atom. The van der Waals surface area contributed by atoms with Gasteiger partial charge in [0.15, 0.2) is 0 Å². The summed E-state index contributed by atoms with van der Waals surface area (Å²) in [6.07, 6.45) is 5.19. The molecule has 0 saturated carbocycles. The van der Waals surface area contributed by atoms with Gasteiger partial charge in [-0.05, 0) is 49.4 Å². The van der Waals surface area contributed by atoms with E-state index in [-0.39, 0.29) is 5.91 Å². The van der Waals surface area contributed by atoms with Crippen molar-refractivity contribution in [1.82, 2.24) is 14.8 Å². The number of hydrogen-bond acceptors (Lipinski definition) is 4. The van der Waals surface area contributed by atoms with Crippen molar-refractivity contribution >= 4 is 23.2 Å². The van der Waals surface area contributed by atoms with Crippen LogP contribution in [-0.4, -0.2) is 67.0 Å². The minimum absolute atomic E-state index is 0.247. The predicted octanol–water partition coefficient (Wildman–Crippen LogP) is 2.95. The van der Waals surface area contributed by atoms with Gasteiger partial charge in [-0.15, -0.1) is 0 Å². The van der Waals surface area contributed by atoms with Gasteiger partial charge in [-0.25, -0.2) is 0 Å². The molecular formula is C21H27ClN4O. The average molecular weight is 387 g/mol. The summed E-state index contributed by atoms with van der Waals surface area (Å²) in [5.74, 6) is 0.247. The van der Waals surface area contributed by atoms with E-state index in [0.29, 0.717) is 6.42 Å². The number of halogens is 1. The topological polar surface area (TPSA) is 39.7 Å². The van der Waals surface area contributed by atoms with Crippen molar-refractivity contribution in [3.8, 4) is 0 Å². The highest BCUT2D eigenvalue weighted by Gasteiger charge is 2.21. The lowest BCUT2D eigenvalue weighted by atomic mass is 10.2. The fourth-order valence-corrected chi connectivity index (χ4v) is 3.50. The summed E-state index contributed by atoms with van der Waals surface area (Å²) in [5.41, 5.74) is 2.41. The highest BCUT2D eigenvalue weighted by atomic mass is 35.5. The number of nitrogens with zero attached hydrogens (tertiary/aromatic N) is 4. The van der Waals surface area contributed by atoms with Gasteiger partial charge < -0.3 is 14.7 Å². The van der Waals surface area contributed by atoms with E-state index in [1.54, 1.807) is 0 Å². The summed E-state index contributed by atoms with van der Waals surface area (Å²) in [4.78, 5) is 23.1. The third-order valence-corrected chi connectivity index (χ3v) is 5.28. The number of anilines is 1. The molecule has 2 heterocycles. The van der Waals surface area contributed by atoms with Crippen LogP contribution >= 0.6 is 11.6 Å². The molecule has 144 valence electrons. The van der Waals surface area contributed by atoms with Gasteiger partial charge in [0, 0.05) is 68.8 Å². The zero-order chi connectivity index (χ0) is 19.1. The van der Waals surface area contributed by atoms with Crippen LogP contribution in [0, 0.1) is 0 Å². The molecule has 0 bridgehead atoms. The van der Waals surface area contributed by atoms with E-state index in [4.69, 9.17) is 11.6 Å². The molecule has 0 radical (unpaired) electrons. The van der Waals surface area contributed by atoms with Crippen molar-refractivity contribution in [3.05, 3.63) is 59.4 Å². The predicted molar refractivity (Wildman–Crippen MR) is 110 cm³/mol. The molecule has 0 atom stereocenters. The Morgan fingerprint density at radius 2 is 1.85 bits per heavy atom. The third kappa shape index (κ3) is 5.94. The Labute approximate surface area is 166 Å². The maximum absolute atomic E-state index is 12.5. The first-order valence-corrected chi connectivity index (χ1v) is 9.85. The van der Waals surface area contributed by atoms with Gasteiger partial charge in [0.05, 0.1) is 0 Å². The van der Waals surface area contributed by atoms with Crippen molar-refractivity contribution in [1.29, 1.82) is 0 Å². The SMILES string of the molecule is CN(CCC(=O)N1CCN(c2cccc(Cl)c2)CC1)CCc1ccncc1. The van der Waals surface area contributed by atoms with E-state index in [0.717, 1.165) is 56.4 Å². The molecular weight excluding hydrogens is 360 g/mol. The summed E-state index contributed by atoms with van der Waals surface area (Å²) in [6, 6.07) is 12.0. The molecule has 1 amide bonds. The molecule has 2 aromatic rings. The first-order chi connectivity index (χ1) is 13.1. The maximum Gasteiger partial charge on any atom is 0.223 e. The van der Waals surface area contributed by atoms with Gasteiger partial charge in [0.1, 0.15) is 0 Å². The van der Waals surface area contributed by atoms with Gasteiger partial charge in [-0.1, -0.05) is 17.7 Å². The quantitative estimate of drug-likeness (QED) is 0.733. The Hall–Kier alpha value is -2.11. The second-order valence-corrected chi connectivity index (χ2v) is 7.44. The fraction of sp³-hybridized carbons (Fsp3) is 0.429. The summed E-state index contributed by atoms with van der Waals surface area (Å²) in [5, 5.41) is 0.751. The van der Waals surface area contributed by atoms with E-state index in [1.165, 1.54) is 5.56 Å². The smallest absolute Gasteiger partial charge is 0.223 e. The highest BCUT2D eigenvalue weighted by molar-refractivity contribution is 6.30. The van der Waals surface area contributed by atoms with Crippen LogP contribution < -0.4 is 4.90 Å².